The second-order valence-electron chi connectivity index (χ2n) is 7.94. The van der Waals surface area contributed by atoms with E-state index in [4.69, 9.17) is 0 Å². The first-order valence-electron chi connectivity index (χ1n) is 10.6. The van der Waals surface area contributed by atoms with Gasteiger partial charge in [-0.2, -0.15) is 0 Å². The average molecular weight is 459 g/mol. The van der Waals surface area contributed by atoms with Gasteiger partial charge >= 0.3 is 0 Å². The van der Waals surface area contributed by atoms with Crippen LogP contribution in [0.15, 0.2) is 36.4 Å². The predicted molar refractivity (Wildman–Crippen MR) is 116 cm³/mol. The Bertz CT molecular complexity index is 1060. The molecule has 2 aliphatic heterocycles. The number of hydrogen-bond donors (Lipinski definition) is 1. The van der Waals surface area contributed by atoms with E-state index in [1.807, 2.05) is 0 Å². The van der Waals surface area contributed by atoms with Crippen LogP contribution in [0.3, 0.4) is 0 Å². The van der Waals surface area contributed by atoms with Gasteiger partial charge in [0.15, 0.2) is 0 Å². The molecule has 174 valence electrons. The Labute approximate surface area is 188 Å². The van der Waals surface area contributed by atoms with Crippen LogP contribution in [-0.2, 0) is 0 Å². The van der Waals surface area contributed by atoms with E-state index in [2.05, 4.69) is 5.32 Å². The van der Waals surface area contributed by atoms with E-state index in [9.17, 15) is 28.5 Å². The fraction of sp³-hybridized carbons (Fsp3) is 0.364. The average Bonchev–Trinajstić information content (AvgIpc) is 2.83. The van der Waals surface area contributed by atoms with Crippen LogP contribution < -0.4 is 10.2 Å². The summed E-state index contributed by atoms with van der Waals surface area (Å²) < 4.78 is 26.9. The Morgan fingerprint density at radius 2 is 1.39 bits per heavy atom. The van der Waals surface area contributed by atoms with Gasteiger partial charge in [-0.1, -0.05) is 0 Å². The molecule has 0 aromatic heterocycles. The van der Waals surface area contributed by atoms with E-state index in [1.54, 1.807) is 21.9 Å². The minimum atomic E-state index is -0.830. The molecule has 0 radical (unpaired) electrons. The van der Waals surface area contributed by atoms with Crippen molar-refractivity contribution in [1.82, 2.24) is 15.1 Å². The van der Waals surface area contributed by atoms with Gasteiger partial charge in [0.2, 0.25) is 0 Å². The molecule has 2 saturated heterocycles. The van der Waals surface area contributed by atoms with Crippen LogP contribution in [-0.4, -0.2) is 78.9 Å². The van der Waals surface area contributed by atoms with Gasteiger partial charge in [-0.05, 0) is 24.3 Å². The smallest absolute Gasteiger partial charge is 0.293 e. The molecule has 2 aromatic rings. The highest BCUT2D eigenvalue weighted by Crippen LogP contribution is 2.31. The summed E-state index contributed by atoms with van der Waals surface area (Å²) in [5.41, 5.74) is 0.362. The Morgan fingerprint density at radius 3 is 2.00 bits per heavy atom. The van der Waals surface area contributed by atoms with E-state index < -0.39 is 22.5 Å². The molecule has 2 aromatic carbocycles. The second-order valence-corrected chi connectivity index (χ2v) is 7.94. The number of piperazine rings is 2. The van der Waals surface area contributed by atoms with Crippen molar-refractivity contribution >= 4 is 23.2 Å². The molecule has 0 saturated carbocycles. The number of nitrogens with one attached hydrogen (secondary N) is 1. The van der Waals surface area contributed by atoms with Gasteiger partial charge in [-0.25, -0.2) is 8.78 Å². The lowest BCUT2D eigenvalue weighted by Gasteiger charge is -2.36. The first-order valence-corrected chi connectivity index (χ1v) is 10.6. The Morgan fingerprint density at radius 1 is 0.818 bits per heavy atom. The summed E-state index contributed by atoms with van der Waals surface area (Å²) >= 11 is 0. The summed E-state index contributed by atoms with van der Waals surface area (Å²) in [6.07, 6.45) is 0. The molecule has 2 fully saturated rings. The second kappa shape index (κ2) is 9.49. The third-order valence-corrected chi connectivity index (χ3v) is 5.84. The Balaban J connectivity index is 1.47. The van der Waals surface area contributed by atoms with Crippen molar-refractivity contribution in [1.29, 1.82) is 0 Å². The Hall–Kier alpha value is -3.60. The maximum Gasteiger partial charge on any atom is 0.293 e. The van der Waals surface area contributed by atoms with Crippen molar-refractivity contribution in [2.45, 2.75) is 0 Å². The molecule has 0 atom stereocenters. The van der Waals surface area contributed by atoms with Gasteiger partial charge in [0, 0.05) is 75.6 Å². The topological polar surface area (TPSA) is 99.0 Å². The lowest BCUT2D eigenvalue weighted by Crippen LogP contribution is -2.49. The highest BCUT2D eigenvalue weighted by atomic mass is 19.1. The summed E-state index contributed by atoms with van der Waals surface area (Å²) in [4.78, 5) is 41.5. The molecule has 1 N–H and O–H groups in total. The number of anilines is 1. The number of amides is 2. The lowest BCUT2D eigenvalue weighted by molar-refractivity contribution is -0.384. The molecule has 33 heavy (non-hydrogen) atoms. The summed E-state index contributed by atoms with van der Waals surface area (Å²) in [6, 6.07) is 7.11. The first-order chi connectivity index (χ1) is 15.8. The summed E-state index contributed by atoms with van der Waals surface area (Å²) in [5.74, 6) is -2.41. The number of benzene rings is 2. The van der Waals surface area contributed by atoms with Crippen molar-refractivity contribution in [3.8, 4) is 0 Å². The third-order valence-electron chi connectivity index (χ3n) is 5.84. The van der Waals surface area contributed by atoms with Crippen molar-refractivity contribution in [2.75, 3.05) is 57.3 Å². The molecule has 0 spiro atoms. The largest absolute Gasteiger partial charge is 0.362 e. The molecule has 0 aliphatic carbocycles. The van der Waals surface area contributed by atoms with Crippen LogP contribution >= 0.6 is 0 Å². The summed E-state index contributed by atoms with van der Waals surface area (Å²) in [6.45, 7) is 3.50. The molecule has 4 rings (SSSR count). The zero-order valence-electron chi connectivity index (χ0n) is 17.8. The van der Waals surface area contributed by atoms with Crippen LogP contribution in [0.2, 0.25) is 0 Å². The van der Waals surface area contributed by atoms with Gasteiger partial charge in [-0.3, -0.25) is 19.7 Å². The van der Waals surface area contributed by atoms with Crippen LogP contribution in [0.5, 0.6) is 0 Å². The number of carbonyl (C=O) groups excluding carboxylic acids is 2. The zero-order chi connectivity index (χ0) is 23.5. The zero-order valence-corrected chi connectivity index (χ0v) is 17.8. The van der Waals surface area contributed by atoms with Gasteiger partial charge in [0.05, 0.1) is 4.92 Å². The maximum absolute atomic E-state index is 13.5. The third kappa shape index (κ3) is 4.92. The molecule has 0 bridgehead atoms. The summed E-state index contributed by atoms with van der Waals surface area (Å²) in [5, 5.41) is 14.9. The minimum absolute atomic E-state index is 0.0808. The number of nitro groups is 1. The maximum atomic E-state index is 13.5. The minimum Gasteiger partial charge on any atom is -0.362 e. The standard InChI is InChI=1S/C22H23F2N5O4/c23-17-11-16(12-18(24)14-17)22(31)28-9-7-26(8-10-28)19-2-1-15(13-20(19)29(32)33)21(30)27-5-3-25-4-6-27/h1-2,11-14,25H,3-10H2. The molecule has 2 amide bonds. The van der Waals surface area contributed by atoms with Gasteiger partial charge < -0.3 is 20.0 Å². The molecule has 2 aliphatic rings. The van der Waals surface area contributed by atoms with Crippen LogP contribution in [0.1, 0.15) is 20.7 Å². The van der Waals surface area contributed by atoms with Crippen LogP contribution in [0, 0.1) is 21.7 Å². The van der Waals surface area contributed by atoms with E-state index >= 15 is 0 Å². The molecule has 2 heterocycles. The molecule has 11 heteroatoms. The quantitative estimate of drug-likeness (QED) is 0.554. The fourth-order valence-corrected chi connectivity index (χ4v) is 4.13. The van der Waals surface area contributed by atoms with Crippen molar-refractivity contribution < 1.29 is 23.3 Å². The van der Waals surface area contributed by atoms with E-state index in [0.29, 0.717) is 51.0 Å². The monoisotopic (exact) mass is 459 g/mol. The fourth-order valence-electron chi connectivity index (χ4n) is 4.13. The van der Waals surface area contributed by atoms with Gasteiger partial charge in [-0.15, -0.1) is 0 Å². The SMILES string of the molecule is O=C(c1ccc(N2CCN(C(=O)c3cc(F)cc(F)c3)CC2)c([N+](=O)[O-])c1)N1CCNCC1. The molecule has 9 nitrogen and oxygen atoms in total. The van der Waals surface area contributed by atoms with Crippen molar-refractivity contribution in [3.05, 3.63) is 69.3 Å². The van der Waals surface area contributed by atoms with Gasteiger partial charge in [0.25, 0.3) is 17.5 Å². The van der Waals surface area contributed by atoms with E-state index in [0.717, 1.165) is 12.1 Å². The van der Waals surface area contributed by atoms with Gasteiger partial charge in [0.1, 0.15) is 17.3 Å². The number of rotatable bonds is 4. The molecular formula is C22H23F2N5O4. The number of carbonyl (C=O) groups is 2. The van der Waals surface area contributed by atoms with E-state index in [1.165, 1.54) is 11.0 Å². The van der Waals surface area contributed by atoms with Crippen LogP contribution in [0.4, 0.5) is 20.2 Å². The van der Waals surface area contributed by atoms with Crippen LogP contribution in [0.25, 0.3) is 0 Å². The normalized spacial score (nSPS) is 16.6. The summed E-state index contributed by atoms with van der Waals surface area (Å²) in [7, 11) is 0. The van der Waals surface area contributed by atoms with Crippen molar-refractivity contribution in [3.63, 3.8) is 0 Å². The number of hydrogen-bond acceptors (Lipinski definition) is 6. The van der Waals surface area contributed by atoms with E-state index in [-0.39, 0.29) is 35.8 Å². The number of nitrogens with zero attached hydrogens (tertiary/aromatic N) is 4. The van der Waals surface area contributed by atoms with Crippen molar-refractivity contribution in [2.24, 2.45) is 0 Å². The number of nitro benzene ring substituents is 1. The highest BCUT2D eigenvalue weighted by Gasteiger charge is 2.28. The highest BCUT2D eigenvalue weighted by molar-refractivity contribution is 5.96. The first kappa shape index (κ1) is 22.6. The lowest BCUT2D eigenvalue weighted by atomic mass is 10.1. The Kier molecular flexibility index (Phi) is 6.50. The molecular weight excluding hydrogens is 436 g/mol. The molecule has 0 unspecified atom stereocenters. The number of halogens is 2. The predicted octanol–water partition coefficient (Wildman–Crippen LogP) is 1.88.